The lowest BCUT2D eigenvalue weighted by Crippen LogP contribution is -2.39. The van der Waals surface area contributed by atoms with Crippen LogP contribution in [0.25, 0.3) is 0 Å². The van der Waals surface area contributed by atoms with Gasteiger partial charge in [0.25, 0.3) is 5.91 Å². The van der Waals surface area contributed by atoms with Gasteiger partial charge in [0.15, 0.2) is 18.1 Å². The van der Waals surface area contributed by atoms with Gasteiger partial charge in [-0.3, -0.25) is 14.4 Å². The molecule has 0 unspecified atom stereocenters. The number of nitrogens with zero attached hydrogens (tertiary/aromatic N) is 1. The first-order valence-electron chi connectivity index (χ1n) is 11.9. The summed E-state index contributed by atoms with van der Waals surface area (Å²) in [6.45, 7) is 3.72. The second-order valence-electron chi connectivity index (χ2n) is 8.01. The van der Waals surface area contributed by atoms with Crippen LogP contribution in [-0.4, -0.2) is 44.3 Å². The average Bonchev–Trinajstić information content (AvgIpc) is 2.93. The zero-order chi connectivity index (χ0) is 27.3. The molecule has 0 bridgehead atoms. The minimum atomic E-state index is -0.893. The van der Waals surface area contributed by atoms with Crippen molar-refractivity contribution in [3.05, 3.63) is 83.9 Å². The van der Waals surface area contributed by atoms with Crippen molar-refractivity contribution < 1.29 is 28.6 Å². The van der Waals surface area contributed by atoms with Crippen LogP contribution in [0.2, 0.25) is 0 Å². The summed E-state index contributed by atoms with van der Waals surface area (Å²) in [4.78, 5) is 36.6. The minimum absolute atomic E-state index is 0.239. The smallest absolute Gasteiger partial charge is 0.329 e. The molecule has 198 valence electrons. The molecule has 10 heteroatoms. The highest BCUT2D eigenvalue weighted by atomic mass is 16.5. The number of benzene rings is 3. The Morgan fingerprint density at radius 1 is 0.921 bits per heavy atom. The quantitative estimate of drug-likeness (QED) is 0.203. The van der Waals surface area contributed by atoms with Crippen molar-refractivity contribution in [3.63, 3.8) is 0 Å². The Morgan fingerprint density at radius 3 is 2.45 bits per heavy atom. The molecule has 0 aliphatic carbocycles. The number of amides is 3. The Morgan fingerprint density at radius 2 is 1.71 bits per heavy atom. The molecule has 3 aromatic carbocycles. The number of ether oxygens (including phenoxy) is 3. The van der Waals surface area contributed by atoms with E-state index in [1.54, 1.807) is 56.5 Å². The van der Waals surface area contributed by atoms with Crippen molar-refractivity contribution in [2.24, 2.45) is 5.10 Å². The molecule has 3 aromatic rings. The molecular formula is C28H30N4O6. The van der Waals surface area contributed by atoms with Crippen molar-refractivity contribution >= 4 is 29.6 Å². The van der Waals surface area contributed by atoms with E-state index < -0.39 is 11.8 Å². The second kappa shape index (κ2) is 14.0. The lowest BCUT2D eigenvalue weighted by Gasteiger charge is -2.13. The summed E-state index contributed by atoms with van der Waals surface area (Å²) >= 11 is 0. The van der Waals surface area contributed by atoms with Gasteiger partial charge in [-0.2, -0.15) is 5.10 Å². The fourth-order valence-electron chi connectivity index (χ4n) is 3.34. The standard InChI is InChI=1S/C28H30N4O6/c1-4-37-25-15-20(17-29-32-28(35)27(34)30-19(2)21-9-6-5-7-10-21)13-14-24(25)38-18-26(33)31-22-11-8-12-23(16-22)36-3/h5-17,19H,4,18H2,1-3H3,(H,30,34)(H,31,33)(H,32,35)/b29-17-/t19-/m1/s1. The lowest BCUT2D eigenvalue weighted by molar-refractivity contribution is -0.139. The van der Waals surface area contributed by atoms with Crippen molar-refractivity contribution in [2.45, 2.75) is 19.9 Å². The molecule has 0 aliphatic heterocycles. The number of rotatable bonds is 11. The highest BCUT2D eigenvalue weighted by Gasteiger charge is 2.16. The normalized spacial score (nSPS) is 11.3. The Kier molecular flexibility index (Phi) is 10.2. The van der Waals surface area contributed by atoms with E-state index in [4.69, 9.17) is 14.2 Å². The van der Waals surface area contributed by atoms with Gasteiger partial charge in [0.2, 0.25) is 0 Å². The maximum atomic E-state index is 12.3. The molecule has 0 saturated heterocycles. The molecule has 0 fully saturated rings. The second-order valence-corrected chi connectivity index (χ2v) is 8.01. The van der Waals surface area contributed by atoms with Crippen LogP contribution < -0.4 is 30.3 Å². The van der Waals surface area contributed by atoms with Crippen LogP contribution in [0.4, 0.5) is 5.69 Å². The first-order chi connectivity index (χ1) is 18.4. The summed E-state index contributed by atoms with van der Waals surface area (Å²) in [6, 6.07) is 20.9. The molecule has 0 heterocycles. The molecule has 0 aromatic heterocycles. The van der Waals surface area contributed by atoms with Gasteiger partial charge in [-0.15, -0.1) is 0 Å². The number of hydrazone groups is 1. The summed E-state index contributed by atoms with van der Waals surface area (Å²) in [5.74, 6) is -0.665. The predicted molar refractivity (Wildman–Crippen MR) is 143 cm³/mol. The van der Waals surface area contributed by atoms with Crippen LogP contribution in [0.3, 0.4) is 0 Å². The van der Waals surface area contributed by atoms with Crippen LogP contribution in [0.15, 0.2) is 77.9 Å². The SMILES string of the molecule is CCOc1cc(/C=N\NC(=O)C(=O)N[C@H](C)c2ccccc2)ccc1OCC(=O)Nc1cccc(OC)c1. The average molecular weight is 519 g/mol. The van der Waals surface area contributed by atoms with Crippen LogP contribution >= 0.6 is 0 Å². The number of carbonyl (C=O) groups excluding carboxylic acids is 3. The molecule has 3 rings (SSSR count). The third kappa shape index (κ3) is 8.37. The molecule has 1 atom stereocenters. The van der Waals surface area contributed by atoms with E-state index in [2.05, 4.69) is 21.2 Å². The molecular weight excluding hydrogens is 488 g/mol. The van der Waals surface area contributed by atoms with E-state index in [-0.39, 0.29) is 18.6 Å². The van der Waals surface area contributed by atoms with Crippen molar-refractivity contribution in [1.82, 2.24) is 10.7 Å². The summed E-state index contributed by atoms with van der Waals surface area (Å²) < 4.78 is 16.4. The van der Waals surface area contributed by atoms with Gasteiger partial charge in [-0.1, -0.05) is 36.4 Å². The summed E-state index contributed by atoms with van der Waals surface area (Å²) in [7, 11) is 1.55. The summed E-state index contributed by atoms with van der Waals surface area (Å²) in [5, 5.41) is 9.21. The van der Waals surface area contributed by atoms with E-state index in [9.17, 15) is 14.4 Å². The van der Waals surface area contributed by atoms with Crippen LogP contribution in [0.1, 0.15) is 31.0 Å². The molecule has 3 N–H and O–H groups in total. The highest BCUT2D eigenvalue weighted by Crippen LogP contribution is 2.28. The van der Waals surface area contributed by atoms with E-state index in [1.165, 1.54) is 6.21 Å². The van der Waals surface area contributed by atoms with Crippen molar-refractivity contribution in [3.8, 4) is 17.2 Å². The van der Waals surface area contributed by atoms with E-state index in [0.717, 1.165) is 5.56 Å². The van der Waals surface area contributed by atoms with Crippen molar-refractivity contribution in [1.29, 1.82) is 0 Å². The Bertz CT molecular complexity index is 1280. The van der Waals surface area contributed by atoms with Crippen molar-refractivity contribution in [2.75, 3.05) is 25.6 Å². The van der Waals surface area contributed by atoms with Gasteiger partial charge < -0.3 is 24.8 Å². The summed E-state index contributed by atoms with van der Waals surface area (Å²) in [6.07, 6.45) is 1.37. The fourth-order valence-corrected chi connectivity index (χ4v) is 3.34. The van der Waals surface area contributed by atoms with Crippen LogP contribution in [0, 0.1) is 0 Å². The Labute approximate surface area is 221 Å². The number of hydrogen-bond donors (Lipinski definition) is 3. The number of hydrogen-bond acceptors (Lipinski definition) is 7. The minimum Gasteiger partial charge on any atom is -0.497 e. The Balaban J connectivity index is 1.54. The van der Waals surface area contributed by atoms with E-state index in [0.29, 0.717) is 35.1 Å². The fraction of sp³-hybridized carbons (Fsp3) is 0.214. The third-order valence-corrected chi connectivity index (χ3v) is 5.21. The zero-order valence-corrected chi connectivity index (χ0v) is 21.4. The van der Waals surface area contributed by atoms with Gasteiger partial charge in [0.05, 0.1) is 26.0 Å². The van der Waals surface area contributed by atoms with Gasteiger partial charge in [0.1, 0.15) is 5.75 Å². The van der Waals surface area contributed by atoms with Crippen LogP contribution in [-0.2, 0) is 14.4 Å². The first-order valence-corrected chi connectivity index (χ1v) is 11.9. The Hall–Kier alpha value is -4.86. The largest absolute Gasteiger partial charge is 0.497 e. The number of methoxy groups -OCH3 is 1. The maximum Gasteiger partial charge on any atom is 0.329 e. The van der Waals surface area contributed by atoms with Gasteiger partial charge in [-0.05, 0) is 55.3 Å². The molecule has 0 radical (unpaired) electrons. The number of carbonyl (C=O) groups is 3. The predicted octanol–water partition coefficient (Wildman–Crippen LogP) is 3.44. The number of anilines is 1. The topological polar surface area (TPSA) is 127 Å². The number of nitrogens with one attached hydrogen (secondary N) is 3. The molecule has 3 amide bonds. The maximum absolute atomic E-state index is 12.3. The van der Waals surface area contributed by atoms with Crippen LogP contribution in [0.5, 0.6) is 17.2 Å². The highest BCUT2D eigenvalue weighted by molar-refractivity contribution is 6.35. The van der Waals surface area contributed by atoms with Gasteiger partial charge in [0, 0.05) is 11.8 Å². The molecule has 38 heavy (non-hydrogen) atoms. The van der Waals surface area contributed by atoms with Gasteiger partial charge >= 0.3 is 11.8 Å². The summed E-state index contributed by atoms with van der Waals surface area (Å²) in [5.41, 5.74) is 4.25. The van der Waals surface area contributed by atoms with E-state index >= 15 is 0 Å². The molecule has 10 nitrogen and oxygen atoms in total. The van der Waals surface area contributed by atoms with Gasteiger partial charge in [-0.25, -0.2) is 5.43 Å². The lowest BCUT2D eigenvalue weighted by atomic mass is 10.1. The monoisotopic (exact) mass is 518 g/mol. The first kappa shape index (κ1) is 27.7. The van der Waals surface area contributed by atoms with E-state index in [1.807, 2.05) is 37.3 Å². The third-order valence-electron chi connectivity index (χ3n) is 5.21. The molecule has 0 spiro atoms. The molecule has 0 aliphatic rings. The molecule has 0 saturated carbocycles. The zero-order valence-electron chi connectivity index (χ0n) is 21.4.